The summed E-state index contributed by atoms with van der Waals surface area (Å²) in [5, 5.41) is 0. The van der Waals surface area contributed by atoms with Crippen molar-refractivity contribution in [2.24, 2.45) is 17.7 Å². The van der Waals surface area contributed by atoms with Gasteiger partial charge in [-0.2, -0.15) is 0 Å². The molecule has 1 aliphatic heterocycles. The molecular weight excluding hydrogens is 306 g/mol. The van der Waals surface area contributed by atoms with Gasteiger partial charge in [-0.05, 0) is 52.4 Å². The molecule has 0 aromatic rings. The summed E-state index contributed by atoms with van der Waals surface area (Å²) in [5.74, 6) is 5.77. The molecule has 0 spiro atoms. The number of carbonyl (C=O) groups is 2. The highest BCUT2D eigenvalue weighted by atomic mass is 35.5. The molecule has 3 N–H and O–H groups in total. The molecule has 7 heteroatoms. The Labute approximate surface area is 137 Å². The maximum atomic E-state index is 12.0. The molecule has 1 saturated heterocycles. The maximum absolute atomic E-state index is 12.0. The third kappa shape index (κ3) is 6.01. The predicted octanol–water partition coefficient (Wildman–Crippen LogP) is 2.26. The summed E-state index contributed by atoms with van der Waals surface area (Å²) in [6, 6.07) is 0. The molecule has 1 heterocycles. The van der Waals surface area contributed by atoms with E-state index in [0.29, 0.717) is 19.0 Å². The number of ether oxygens (including phenoxy) is 1. The number of rotatable bonds is 5. The van der Waals surface area contributed by atoms with Gasteiger partial charge in [0.05, 0.1) is 0 Å². The molecule has 0 aromatic heterocycles. The second-order valence-corrected chi connectivity index (χ2v) is 7.13. The first kappa shape index (κ1) is 19.0. The van der Waals surface area contributed by atoms with Crippen molar-refractivity contribution in [3.05, 3.63) is 0 Å². The first-order valence-electron chi connectivity index (χ1n) is 7.83. The number of carbonyl (C=O) groups excluding carboxylic acids is 2. The minimum absolute atomic E-state index is 0.135. The fraction of sp³-hybridized carbons (Fsp3) is 0.867. The van der Waals surface area contributed by atoms with Gasteiger partial charge in [0.15, 0.2) is 0 Å². The number of likely N-dealkylation sites (tertiary alicyclic amines) is 1. The molecule has 0 radical (unpaired) electrons. The molecule has 1 fully saturated rings. The van der Waals surface area contributed by atoms with Crippen LogP contribution in [0, 0.1) is 11.8 Å². The molecule has 0 bridgehead atoms. The first-order valence-corrected chi connectivity index (χ1v) is 8.36. The van der Waals surface area contributed by atoms with Crippen molar-refractivity contribution < 1.29 is 14.3 Å². The van der Waals surface area contributed by atoms with Crippen LogP contribution in [0.4, 0.5) is 4.79 Å². The van der Waals surface area contributed by atoms with Gasteiger partial charge in [0.1, 0.15) is 5.60 Å². The Kier molecular flexibility index (Phi) is 7.42. The SMILES string of the molecule is CC(C)(C)OC(=O)N1CCC(C(CCCCl)C(=O)NN)CC1. The van der Waals surface area contributed by atoms with Crippen LogP contribution in [0.2, 0.25) is 0 Å². The van der Waals surface area contributed by atoms with Crippen LogP contribution in [0.3, 0.4) is 0 Å². The number of alkyl halides is 1. The van der Waals surface area contributed by atoms with E-state index in [2.05, 4.69) is 5.43 Å². The lowest BCUT2D eigenvalue weighted by Gasteiger charge is -2.36. The summed E-state index contributed by atoms with van der Waals surface area (Å²) < 4.78 is 5.38. The Balaban J connectivity index is 2.54. The summed E-state index contributed by atoms with van der Waals surface area (Å²) >= 11 is 5.73. The number of piperidine rings is 1. The average molecular weight is 334 g/mol. The zero-order chi connectivity index (χ0) is 16.8. The van der Waals surface area contributed by atoms with Gasteiger partial charge in [0.25, 0.3) is 0 Å². The van der Waals surface area contributed by atoms with E-state index in [1.165, 1.54) is 0 Å². The van der Waals surface area contributed by atoms with Crippen LogP contribution in [0.5, 0.6) is 0 Å². The Morgan fingerprint density at radius 2 is 1.95 bits per heavy atom. The summed E-state index contributed by atoms with van der Waals surface area (Å²) in [7, 11) is 0. The van der Waals surface area contributed by atoms with E-state index in [4.69, 9.17) is 22.2 Å². The van der Waals surface area contributed by atoms with Crippen LogP contribution in [0.1, 0.15) is 46.5 Å². The van der Waals surface area contributed by atoms with Crippen molar-refractivity contribution in [3.63, 3.8) is 0 Å². The van der Waals surface area contributed by atoms with E-state index >= 15 is 0 Å². The van der Waals surface area contributed by atoms with Crippen molar-refractivity contribution >= 4 is 23.6 Å². The molecule has 1 rings (SSSR count). The number of nitrogens with two attached hydrogens (primary N) is 1. The molecule has 0 aromatic carbocycles. The van der Waals surface area contributed by atoms with E-state index in [1.807, 2.05) is 20.8 Å². The molecule has 2 amide bonds. The number of hydrazine groups is 1. The fourth-order valence-corrected chi connectivity index (χ4v) is 2.95. The molecule has 6 nitrogen and oxygen atoms in total. The lowest BCUT2D eigenvalue weighted by atomic mass is 9.81. The van der Waals surface area contributed by atoms with Crippen molar-refractivity contribution in [1.82, 2.24) is 10.3 Å². The molecule has 0 aliphatic carbocycles. The third-order valence-electron chi connectivity index (χ3n) is 3.89. The number of halogens is 1. The highest BCUT2D eigenvalue weighted by molar-refractivity contribution is 6.17. The van der Waals surface area contributed by atoms with Crippen LogP contribution in [-0.4, -0.2) is 41.5 Å². The largest absolute Gasteiger partial charge is 0.444 e. The molecule has 1 aliphatic rings. The van der Waals surface area contributed by atoms with Crippen LogP contribution >= 0.6 is 11.6 Å². The monoisotopic (exact) mass is 333 g/mol. The molecule has 1 unspecified atom stereocenters. The summed E-state index contributed by atoms with van der Waals surface area (Å²) in [6.45, 7) is 6.77. The topological polar surface area (TPSA) is 84.7 Å². The normalized spacial score (nSPS) is 18.0. The lowest BCUT2D eigenvalue weighted by Crippen LogP contribution is -2.46. The van der Waals surface area contributed by atoms with Crippen molar-refractivity contribution in [2.45, 2.75) is 52.1 Å². The summed E-state index contributed by atoms with van der Waals surface area (Å²) in [4.78, 5) is 25.7. The van der Waals surface area contributed by atoms with Gasteiger partial charge in [0, 0.05) is 24.9 Å². The second kappa shape index (κ2) is 8.58. The zero-order valence-electron chi connectivity index (χ0n) is 13.7. The van der Waals surface area contributed by atoms with Crippen LogP contribution in [-0.2, 0) is 9.53 Å². The predicted molar refractivity (Wildman–Crippen MR) is 86.3 cm³/mol. The smallest absolute Gasteiger partial charge is 0.410 e. The Bertz CT molecular complexity index is 377. The van der Waals surface area contributed by atoms with E-state index in [9.17, 15) is 9.59 Å². The van der Waals surface area contributed by atoms with Gasteiger partial charge >= 0.3 is 6.09 Å². The quantitative estimate of drug-likeness (QED) is 0.350. The van der Waals surface area contributed by atoms with E-state index in [0.717, 1.165) is 25.7 Å². The van der Waals surface area contributed by atoms with Gasteiger partial charge in [-0.3, -0.25) is 10.2 Å². The molecule has 128 valence electrons. The third-order valence-corrected chi connectivity index (χ3v) is 4.16. The standard InChI is InChI=1S/C15H28ClN3O3/c1-15(2,3)22-14(21)19-9-6-11(7-10-19)12(5-4-8-16)13(20)18-17/h11-12H,4-10,17H2,1-3H3,(H,18,20). The summed E-state index contributed by atoms with van der Waals surface area (Å²) in [5.41, 5.74) is 1.76. The van der Waals surface area contributed by atoms with Crippen LogP contribution < -0.4 is 11.3 Å². The lowest BCUT2D eigenvalue weighted by molar-refractivity contribution is -0.127. The van der Waals surface area contributed by atoms with Gasteiger partial charge in [-0.15, -0.1) is 11.6 Å². The number of hydrogen-bond acceptors (Lipinski definition) is 4. The van der Waals surface area contributed by atoms with Gasteiger partial charge in [-0.1, -0.05) is 0 Å². The molecular formula is C15H28ClN3O3. The van der Waals surface area contributed by atoms with Gasteiger partial charge in [-0.25, -0.2) is 10.6 Å². The molecule has 0 saturated carbocycles. The van der Waals surface area contributed by atoms with Gasteiger partial charge < -0.3 is 9.64 Å². The summed E-state index contributed by atoms with van der Waals surface area (Å²) in [6.07, 6.45) is 2.78. The zero-order valence-corrected chi connectivity index (χ0v) is 14.5. The Morgan fingerprint density at radius 1 is 1.36 bits per heavy atom. The highest BCUT2D eigenvalue weighted by Gasteiger charge is 2.33. The van der Waals surface area contributed by atoms with Crippen LogP contribution in [0.15, 0.2) is 0 Å². The van der Waals surface area contributed by atoms with Gasteiger partial charge in [0.2, 0.25) is 5.91 Å². The van der Waals surface area contributed by atoms with E-state index < -0.39 is 5.60 Å². The van der Waals surface area contributed by atoms with Crippen molar-refractivity contribution in [3.8, 4) is 0 Å². The number of hydrogen-bond donors (Lipinski definition) is 2. The minimum Gasteiger partial charge on any atom is -0.444 e. The number of amides is 2. The molecule has 22 heavy (non-hydrogen) atoms. The second-order valence-electron chi connectivity index (χ2n) is 6.75. The highest BCUT2D eigenvalue weighted by Crippen LogP contribution is 2.29. The fourth-order valence-electron chi connectivity index (χ4n) is 2.80. The first-order chi connectivity index (χ1) is 10.3. The Hall–Kier alpha value is -1.01. The maximum Gasteiger partial charge on any atom is 0.410 e. The van der Waals surface area contributed by atoms with E-state index in [-0.39, 0.29) is 23.8 Å². The average Bonchev–Trinajstić information content (AvgIpc) is 2.46. The Morgan fingerprint density at radius 3 is 2.41 bits per heavy atom. The number of nitrogens with zero attached hydrogens (tertiary/aromatic N) is 1. The van der Waals surface area contributed by atoms with Crippen LogP contribution in [0.25, 0.3) is 0 Å². The molecule has 1 atom stereocenters. The van der Waals surface area contributed by atoms with Crippen molar-refractivity contribution in [2.75, 3.05) is 19.0 Å². The number of nitrogens with one attached hydrogen (secondary N) is 1. The minimum atomic E-state index is -0.490. The van der Waals surface area contributed by atoms with Crippen molar-refractivity contribution in [1.29, 1.82) is 0 Å². The van der Waals surface area contributed by atoms with E-state index in [1.54, 1.807) is 4.90 Å².